The van der Waals surface area contributed by atoms with Crippen molar-refractivity contribution in [3.63, 3.8) is 0 Å². The predicted octanol–water partition coefficient (Wildman–Crippen LogP) is 4.35. The van der Waals surface area contributed by atoms with Crippen LogP contribution in [-0.2, 0) is 19.1 Å². The first-order valence-electron chi connectivity index (χ1n) is 13.0. The normalized spacial score (nSPS) is 23.2. The minimum Gasteiger partial charge on any atom is -0.479 e. The van der Waals surface area contributed by atoms with Gasteiger partial charge in [-0.05, 0) is 48.6 Å². The summed E-state index contributed by atoms with van der Waals surface area (Å²) >= 11 is 0. The zero-order chi connectivity index (χ0) is 25.7. The molecule has 1 heterocycles. The molecular formula is C29H36N2O5. The summed E-state index contributed by atoms with van der Waals surface area (Å²) in [6.45, 7) is 0.0133. The molecule has 0 bridgehead atoms. The van der Waals surface area contributed by atoms with Crippen molar-refractivity contribution in [3.8, 4) is 11.1 Å². The van der Waals surface area contributed by atoms with Gasteiger partial charge in [0.25, 0.3) is 0 Å². The van der Waals surface area contributed by atoms with Crippen molar-refractivity contribution in [2.45, 2.75) is 68.9 Å². The van der Waals surface area contributed by atoms with Gasteiger partial charge in [-0.15, -0.1) is 0 Å². The second kappa shape index (κ2) is 11.2. The first-order chi connectivity index (χ1) is 17.4. The van der Waals surface area contributed by atoms with Gasteiger partial charge < -0.3 is 20.1 Å². The van der Waals surface area contributed by atoms with Gasteiger partial charge in [0, 0.05) is 13.0 Å². The lowest BCUT2D eigenvalue weighted by Crippen LogP contribution is -2.64. The average molecular weight is 493 g/mol. The number of fused-ring (bicyclic) bond motifs is 3. The molecule has 0 spiro atoms. The van der Waals surface area contributed by atoms with Crippen LogP contribution in [0.1, 0.15) is 68.4 Å². The van der Waals surface area contributed by atoms with Crippen LogP contribution in [0.15, 0.2) is 48.5 Å². The van der Waals surface area contributed by atoms with E-state index in [1.807, 2.05) is 48.5 Å². The largest absolute Gasteiger partial charge is 0.479 e. The smallest absolute Gasteiger partial charge is 0.343 e. The van der Waals surface area contributed by atoms with Crippen molar-refractivity contribution in [2.75, 3.05) is 20.7 Å². The predicted molar refractivity (Wildman–Crippen MR) is 138 cm³/mol. The molecule has 1 aliphatic carbocycles. The number of rotatable bonds is 5. The quantitative estimate of drug-likeness (QED) is 0.476. The van der Waals surface area contributed by atoms with E-state index in [2.05, 4.69) is 5.32 Å². The Morgan fingerprint density at radius 2 is 1.53 bits per heavy atom. The van der Waals surface area contributed by atoms with Crippen molar-refractivity contribution in [1.29, 1.82) is 0 Å². The molecule has 0 radical (unpaired) electrons. The molecule has 4 rings (SSSR count). The summed E-state index contributed by atoms with van der Waals surface area (Å²) in [6.07, 6.45) is 5.87. The Hall–Kier alpha value is -3.19. The maximum Gasteiger partial charge on any atom is 0.343 e. The van der Waals surface area contributed by atoms with Crippen LogP contribution in [0.3, 0.4) is 0 Å². The molecule has 0 aromatic heterocycles. The van der Waals surface area contributed by atoms with Gasteiger partial charge in [-0.2, -0.15) is 0 Å². The number of hydrogen-bond acceptors (Lipinski definition) is 5. The Labute approximate surface area is 212 Å². The molecule has 7 heteroatoms. The second-order valence-corrected chi connectivity index (χ2v) is 9.89. The number of nitrogens with zero attached hydrogens (tertiary/aromatic N) is 1. The number of nitrogens with one attached hydrogen (secondary N) is 1. The van der Waals surface area contributed by atoms with Crippen LogP contribution in [0.2, 0.25) is 0 Å². The molecule has 1 amide bonds. The number of benzene rings is 2. The van der Waals surface area contributed by atoms with Crippen LogP contribution in [0.25, 0.3) is 11.1 Å². The van der Waals surface area contributed by atoms with Gasteiger partial charge >= 0.3 is 11.9 Å². The molecule has 2 atom stereocenters. The van der Waals surface area contributed by atoms with E-state index >= 15 is 0 Å². The van der Waals surface area contributed by atoms with Crippen LogP contribution in [0.5, 0.6) is 0 Å². The maximum absolute atomic E-state index is 13.7. The minimum absolute atomic E-state index is 0.0133. The molecule has 1 aliphatic heterocycles. The van der Waals surface area contributed by atoms with E-state index in [4.69, 9.17) is 4.74 Å². The fraction of sp³-hybridized carbons (Fsp3) is 0.483. The summed E-state index contributed by atoms with van der Waals surface area (Å²) < 4.78 is 5.82. The number of carbonyl (C=O) groups excluding carboxylic acids is 2. The van der Waals surface area contributed by atoms with Crippen LogP contribution in [-0.4, -0.2) is 60.1 Å². The van der Waals surface area contributed by atoms with E-state index in [0.29, 0.717) is 12.8 Å². The van der Waals surface area contributed by atoms with Gasteiger partial charge in [-0.25, -0.2) is 9.59 Å². The molecule has 192 valence electrons. The fourth-order valence-corrected chi connectivity index (χ4v) is 5.71. The van der Waals surface area contributed by atoms with Gasteiger partial charge in [0.15, 0.2) is 0 Å². The Bertz CT molecular complexity index is 1070. The SMILES string of the molecule is CNC1CCCCCCCCC(C(=O)O)(C(=O)OCC2c3ccccc3-c3ccccc32)N(C)C1=O. The van der Waals surface area contributed by atoms with E-state index in [0.717, 1.165) is 59.3 Å². The number of ether oxygens (including phenoxy) is 1. The van der Waals surface area contributed by atoms with Crippen LogP contribution in [0.4, 0.5) is 0 Å². The maximum atomic E-state index is 13.7. The van der Waals surface area contributed by atoms with Crippen LogP contribution >= 0.6 is 0 Å². The topological polar surface area (TPSA) is 95.9 Å². The Kier molecular flexibility index (Phi) is 8.09. The Morgan fingerprint density at radius 1 is 0.972 bits per heavy atom. The monoisotopic (exact) mass is 492 g/mol. The number of likely N-dealkylation sites (N-methyl/N-ethyl adjacent to an activating group) is 2. The second-order valence-electron chi connectivity index (χ2n) is 9.89. The van der Waals surface area contributed by atoms with Crippen molar-refractivity contribution >= 4 is 17.8 Å². The molecule has 2 N–H and O–H groups in total. The van der Waals surface area contributed by atoms with Crippen molar-refractivity contribution in [1.82, 2.24) is 10.2 Å². The summed E-state index contributed by atoms with van der Waals surface area (Å²) in [5.74, 6) is -2.81. The van der Waals surface area contributed by atoms with Gasteiger partial charge in [-0.1, -0.05) is 80.6 Å². The summed E-state index contributed by atoms with van der Waals surface area (Å²) in [6, 6.07) is 15.4. The standard InChI is InChI=1S/C29H36N2O5/c1-30-25-17-7-5-3-4-6-12-18-29(27(33)34,31(2)26(25)32)28(35)36-19-24-22-15-10-8-13-20(22)21-14-9-11-16-23(21)24/h8-11,13-16,24-25,30H,3-7,12,17-19H2,1-2H3,(H,33,34). The highest BCUT2D eigenvalue weighted by Crippen LogP contribution is 2.44. The molecule has 2 aromatic carbocycles. The van der Waals surface area contributed by atoms with Crippen molar-refractivity contribution < 1.29 is 24.2 Å². The van der Waals surface area contributed by atoms with E-state index in [1.165, 1.54) is 7.05 Å². The summed E-state index contributed by atoms with van der Waals surface area (Å²) in [5.41, 5.74) is 2.22. The van der Waals surface area contributed by atoms with Crippen molar-refractivity contribution in [3.05, 3.63) is 59.7 Å². The first kappa shape index (κ1) is 25.9. The van der Waals surface area contributed by atoms with Gasteiger partial charge in [0.1, 0.15) is 6.61 Å². The van der Waals surface area contributed by atoms with Gasteiger partial charge in [0.2, 0.25) is 11.4 Å². The zero-order valence-electron chi connectivity index (χ0n) is 21.2. The lowest BCUT2D eigenvalue weighted by molar-refractivity contribution is -0.176. The van der Waals surface area contributed by atoms with Crippen molar-refractivity contribution in [2.24, 2.45) is 0 Å². The lowest BCUT2D eigenvalue weighted by Gasteiger charge is -2.38. The van der Waals surface area contributed by atoms with Gasteiger partial charge in [-0.3, -0.25) is 4.79 Å². The highest BCUT2D eigenvalue weighted by Gasteiger charge is 2.54. The van der Waals surface area contributed by atoms with Crippen LogP contribution < -0.4 is 5.32 Å². The van der Waals surface area contributed by atoms with Gasteiger partial charge in [0.05, 0.1) is 6.04 Å². The number of carboxylic acid groups (broad SMARTS) is 1. The number of hydrogen-bond donors (Lipinski definition) is 2. The number of esters is 1. The molecular weight excluding hydrogens is 456 g/mol. The Balaban J connectivity index is 1.62. The molecule has 1 fully saturated rings. The molecule has 2 aliphatic rings. The highest BCUT2D eigenvalue weighted by atomic mass is 16.5. The number of carbonyl (C=O) groups is 3. The van der Waals surface area contributed by atoms with E-state index < -0.39 is 29.4 Å². The fourth-order valence-electron chi connectivity index (χ4n) is 5.71. The summed E-state index contributed by atoms with van der Waals surface area (Å²) in [4.78, 5) is 41.0. The average Bonchev–Trinajstić information content (AvgIpc) is 3.21. The third-order valence-electron chi connectivity index (χ3n) is 7.87. The third kappa shape index (κ3) is 4.76. The molecule has 7 nitrogen and oxygen atoms in total. The number of amides is 1. The van der Waals surface area contributed by atoms with Crippen LogP contribution in [0, 0.1) is 0 Å². The minimum atomic E-state index is -2.07. The first-order valence-corrected chi connectivity index (χ1v) is 13.0. The molecule has 2 aromatic rings. The molecule has 1 saturated heterocycles. The zero-order valence-corrected chi connectivity index (χ0v) is 21.2. The highest BCUT2D eigenvalue weighted by molar-refractivity contribution is 6.07. The van der Waals surface area contributed by atoms with E-state index in [-0.39, 0.29) is 18.9 Å². The molecule has 36 heavy (non-hydrogen) atoms. The number of carboxylic acids is 1. The number of aliphatic carboxylic acids is 1. The lowest BCUT2D eigenvalue weighted by atomic mass is 9.88. The summed E-state index contributed by atoms with van der Waals surface area (Å²) in [5, 5.41) is 13.4. The summed E-state index contributed by atoms with van der Waals surface area (Å²) in [7, 11) is 3.12. The third-order valence-corrected chi connectivity index (χ3v) is 7.87. The molecule has 0 saturated carbocycles. The van der Waals surface area contributed by atoms with E-state index in [1.54, 1.807) is 7.05 Å². The molecule has 2 unspecified atom stereocenters. The van der Waals surface area contributed by atoms with E-state index in [9.17, 15) is 19.5 Å². The Morgan fingerprint density at radius 3 is 2.11 bits per heavy atom.